The summed E-state index contributed by atoms with van der Waals surface area (Å²) in [6.45, 7) is -0.195. The monoisotopic (exact) mass is 794 g/mol. The number of hydrogen-bond acceptors (Lipinski definition) is 21. The maximum absolute atomic E-state index is 10.5. The fraction of sp³-hybridized carbons (Fsp3) is 0.636. The van der Waals surface area contributed by atoms with Gasteiger partial charge in [0, 0.05) is 59.0 Å². The largest absolute Gasteiger partial charge is 1.00 e. The van der Waals surface area contributed by atoms with Crippen LogP contribution in [0.15, 0.2) is 0 Å². The molecule has 0 heterocycles. The topological polar surface area (TPSA) is 464 Å². The summed E-state index contributed by atoms with van der Waals surface area (Å²) in [5.74, 6) is -10.1. The van der Waals surface area contributed by atoms with E-state index in [9.17, 15) is 24.3 Å². The molecule has 0 rings (SSSR count). The van der Waals surface area contributed by atoms with Gasteiger partial charge in [0.25, 0.3) is 0 Å². The van der Waals surface area contributed by atoms with E-state index in [0.717, 1.165) is 9.80 Å². The van der Waals surface area contributed by atoms with Crippen LogP contribution >= 0.6 is 0 Å². The average Bonchev–Trinajstić information content (AvgIpc) is 2.92. The summed E-state index contributed by atoms with van der Waals surface area (Å²) in [5, 5.41) is 87.9. The average molecular weight is 795 g/mol. The van der Waals surface area contributed by atoms with Crippen LogP contribution in [-0.2, 0) is 38.4 Å². The molecule has 0 aromatic rings. The molecule has 274 valence electrons. The number of nitrogens with two attached hydrogens (primary N) is 4. The summed E-state index contributed by atoms with van der Waals surface area (Å²) < 4.78 is 0. The van der Waals surface area contributed by atoms with Crippen molar-refractivity contribution in [2.75, 3.05) is 78.7 Å². The summed E-state index contributed by atoms with van der Waals surface area (Å²) >= 11 is 0. The van der Waals surface area contributed by atoms with Crippen LogP contribution in [0.5, 0.6) is 0 Å². The van der Waals surface area contributed by atoms with Gasteiger partial charge in [0.1, 0.15) is 0 Å². The summed E-state index contributed by atoms with van der Waals surface area (Å²) in [4.78, 5) is 80.7. The first kappa shape index (κ1) is 84.1. The van der Waals surface area contributed by atoms with E-state index in [1.807, 2.05) is 0 Å². The summed E-state index contributed by atoms with van der Waals surface area (Å²) in [6, 6.07) is 0. The zero-order valence-corrected chi connectivity index (χ0v) is 40.2. The van der Waals surface area contributed by atoms with Gasteiger partial charge in [-0.25, -0.2) is 0 Å². The molecule has 0 aliphatic carbocycles. The van der Waals surface area contributed by atoms with E-state index in [4.69, 9.17) is 65.1 Å². The molecule has 0 spiro atoms. The Hall–Kier alpha value is 0.440. The normalized spacial score (nSPS) is 7.80. The molecule has 0 aromatic heterocycles. The van der Waals surface area contributed by atoms with E-state index in [0.29, 0.717) is 0 Å². The number of aliphatic hydroxyl groups is 2. The maximum atomic E-state index is 10.5. The van der Waals surface area contributed by atoms with Crippen molar-refractivity contribution in [1.82, 2.24) is 9.80 Å². The number of rotatable bonds is 15. The predicted molar refractivity (Wildman–Crippen MR) is 143 cm³/mol. The van der Waals surface area contributed by atoms with E-state index >= 15 is 0 Å². The van der Waals surface area contributed by atoms with Crippen molar-refractivity contribution in [3.05, 3.63) is 0 Å². The Kier molecular flexibility index (Phi) is 113. The van der Waals surface area contributed by atoms with E-state index < -0.39 is 73.9 Å². The standard InChI is InChI=1S/C10H16N2O8.4C2H5NO2.2C2H6O.5Na/c13-7(14)3-11(4-8(15)16)1-2-12(5-9(17)18)6-10(19)20;4*3-1-2(4)5;2*1-2-3;;;;;/h1-6H2,(H,13,14)(H,15,16)(H,17,18)(H,19,20);4*1,3H2,(H,4,5);2*3H,2H2,1H3;;;;;/q;;;;;;;5*+1/p-5. The van der Waals surface area contributed by atoms with Crippen molar-refractivity contribution in [1.29, 1.82) is 0 Å². The second kappa shape index (κ2) is 68.5. The van der Waals surface area contributed by atoms with Crippen molar-refractivity contribution in [2.24, 2.45) is 22.9 Å². The number of aliphatic hydroxyl groups excluding tert-OH is 2. The molecule has 0 saturated heterocycles. The molecule has 0 radical (unpaired) electrons. The molecule has 51 heavy (non-hydrogen) atoms. The predicted octanol–water partition coefficient (Wildman–Crippen LogP) is -27.6. The quantitative estimate of drug-likeness (QED) is 0.0695. The van der Waals surface area contributed by atoms with E-state index in [1.165, 1.54) is 0 Å². The zero-order chi connectivity index (χ0) is 38.3. The van der Waals surface area contributed by atoms with Crippen molar-refractivity contribution in [3.63, 3.8) is 0 Å². The van der Waals surface area contributed by atoms with Gasteiger partial charge >= 0.3 is 166 Å². The Bertz CT molecular complexity index is 729. The van der Waals surface area contributed by atoms with Gasteiger partial charge in [0.15, 0.2) is 0 Å². The molecule has 0 bridgehead atoms. The van der Waals surface area contributed by atoms with E-state index in [1.54, 1.807) is 13.8 Å². The minimum absolute atomic E-state index is 0. The number of carboxylic acids is 8. The van der Waals surface area contributed by atoms with Gasteiger partial charge in [-0.15, -0.1) is 0 Å². The molecule has 0 saturated carbocycles. The third-order valence-corrected chi connectivity index (χ3v) is 2.83. The van der Waals surface area contributed by atoms with E-state index in [-0.39, 0.29) is 200 Å². The smallest absolute Gasteiger partial charge is 0.549 e. The van der Waals surface area contributed by atoms with Crippen LogP contribution in [0.3, 0.4) is 0 Å². The molecule has 0 atom stereocenters. The van der Waals surface area contributed by atoms with E-state index in [2.05, 4.69) is 22.9 Å². The Morgan fingerprint density at radius 1 is 0.431 bits per heavy atom. The minimum atomic E-state index is -1.48. The summed E-state index contributed by atoms with van der Waals surface area (Å²) in [7, 11) is 0. The molecule has 0 aliphatic rings. The van der Waals surface area contributed by atoms with Crippen LogP contribution in [0.2, 0.25) is 0 Å². The molecular formula is C22H43N6Na5O18. The van der Waals surface area contributed by atoms with Crippen LogP contribution in [0.1, 0.15) is 13.8 Å². The maximum Gasteiger partial charge on any atom is 1.00 e. The van der Waals surface area contributed by atoms with Gasteiger partial charge in [0.05, 0.1) is 49.5 Å². The number of nitrogens with zero attached hydrogens (tertiary/aromatic N) is 2. The molecule has 13 N–H and O–H groups in total. The first-order valence-electron chi connectivity index (χ1n) is 12.2. The fourth-order valence-corrected chi connectivity index (χ4v) is 1.47. The van der Waals surface area contributed by atoms with Crippen molar-refractivity contribution in [2.45, 2.75) is 13.8 Å². The van der Waals surface area contributed by atoms with Gasteiger partial charge < -0.3 is 98.0 Å². The zero-order valence-electron chi connectivity index (χ0n) is 30.2. The number of hydrogen-bond donors (Lipinski definition) is 9. The van der Waals surface area contributed by atoms with Gasteiger partial charge in [-0.1, -0.05) is 0 Å². The van der Waals surface area contributed by atoms with Crippen LogP contribution in [-0.4, -0.2) is 162 Å². The van der Waals surface area contributed by atoms with Gasteiger partial charge in [-0.3, -0.25) is 24.2 Å². The summed E-state index contributed by atoms with van der Waals surface area (Å²) in [5.41, 5.74) is 18.0. The number of carbonyl (C=O) groups excluding carboxylic acids is 5. The minimum Gasteiger partial charge on any atom is -0.549 e. The molecule has 29 heteroatoms. The third-order valence-electron chi connectivity index (χ3n) is 2.83. The fourth-order valence-electron chi connectivity index (χ4n) is 1.47. The Balaban J connectivity index is -0.0000000407. The third kappa shape index (κ3) is 137. The van der Waals surface area contributed by atoms with Crippen molar-refractivity contribution < 1.29 is 237 Å². The van der Waals surface area contributed by atoms with Crippen LogP contribution in [0, 0.1) is 0 Å². The molecule has 0 aliphatic heterocycles. The number of carboxylic acid groups (broad SMARTS) is 8. The molecular weight excluding hydrogens is 751 g/mol. The van der Waals surface area contributed by atoms with Crippen molar-refractivity contribution >= 4 is 47.8 Å². The van der Waals surface area contributed by atoms with Crippen LogP contribution in [0.25, 0.3) is 0 Å². The Morgan fingerprint density at radius 3 is 0.667 bits per heavy atom. The van der Waals surface area contributed by atoms with Crippen LogP contribution < -0.4 is 196 Å². The molecule has 24 nitrogen and oxygen atoms in total. The Labute approximate surface area is 405 Å². The Morgan fingerprint density at radius 2 is 0.569 bits per heavy atom. The molecule has 0 aromatic carbocycles. The van der Waals surface area contributed by atoms with Gasteiger partial charge in [-0.05, 0) is 13.8 Å². The number of carbonyl (C=O) groups is 8. The van der Waals surface area contributed by atoms with Crippen molar-refractivity contribution in [3.8, 4) is 0 Å². The second-order valence-corrected chi connectivity index (χ2v) is 6.91. The SMILES string of the molecule is CCO.CCO.NCC(=O)[O-].NCC(=O)[O-].NCC(=O)[O-].NCC(=O)[O-].O=C([O-])CN(CCN(CC(=O)O)CC(=O)O)CC(=O)O.[Na+].[Na+].[Na+].[Na+].[Na+]. The second-order valence-electron chi connectivity index (χ2n) is 6.91. The van der Waals surface area contributed by atoms with Gasteiger partial charge in [-0.2, -0.15) is 0 Å². The van der Waals surface area contributed by atoms with Gasteiger partial charge in [0.2, 0.25) is 0 Å². The first-order chi connectivity index (χ1) is 21.1. The van der Waals surface area contributed by atoms with Crippen LogP contribution in [0.4, 0.5) is 0 Å². The summed E-state index contributed by atoms with van der Waals surface area (Å²) in [6.07, 6.45) is 0. The molecule has 0 amide bonds. The first-order valence-corrected chi connectivity index (χ1v) is 12.2. The molecule has 0 fully saturated rings. The number of aliphatic carboxylic acids is 8. The molecule has 0 unspecified atom stereocenters.